The van der Waals surface area contributed by atoms with Crippen LogP contribution >= 0.6 is 24.8 Å². The molecule has 0 radical (unpaired) electrons. The molecule has 2 nitrogen and oxygen atoms in total. The van der Waals surface area contributed by atoms with Crippen molar-refractivity contribution >= 4 is 30.8 Å². The molecule has 0 heterocycles. The first-order chi connectivity index (χ1) is 4.98. The van der Waals surface area contributed by atoms with Crippen molar-refractivity contribution < 1.29 is 0 Å². The lowest BCUT2D eigenvalue weighted by molar-refractivity contribution is 0.507. The maximum Gasteiger partial charge on any atom is 0.0900 e. The third-order valence-corrected chi connectivity index (χ3v) is 1.53. The number of aliphatic imine (C=N–C) groups is 2. The standard InChI is InChI=1S/C9H18N2.2ClH/c1-6-9(4,5)11-7-10-8(2)3;;/h8H,6H2,1-5H3;2*1H. The molecule has 0 unspecified atom stereocenters. The summed E-state index contributed by atoms with van der Waals surface area (Å²) in [6, 6.07) is 3.02. The molecule has 0 saturated heterocycles. The van der Waals surface area contributed by atoms with Gasteiger partial charge >= 0.3 is 0 Å². The van der Waals surface area contributed by atoms with Gasteiger partial charge in [0.25, 0.3) is 0 Å². The van der Waals surface area contributed by atoms with E-state index in [1.165, 1.54) is 0 Å². The van der Waals surface area contributed by atoms with Gasteiger partial charge < -0.3 is 0 Å². The summed E-state index contributed by atoms with van der Waals surface area (Å²) in [7, 11) is 0. The van der Waals surface area contributed by atoms with Crippen molar-refractivity contribution in [1.82, 2.24) is 0 Å². The Bertz CT molecular complexity index is 170. The Balaban J connectivity index is -0.000000500. The number of rotatable bonds is 3. The maximum absolute atomic E-state index is 4.20. The van der Waals surface area contributed by atoms with Crippen LogP contribution in [0.25, 0.3) is 0 Å². The van der Waals surface area contributed by atoms with Crippen molar-refractivity contribution in [1.29, 1.82) is 0 Å². The molecule has 0 aromatic heterocycles. The van der Waals surface area contributed by atoms with Gasteiger partial charge in [-0.1, -0.05) is 6.92 Å². The second-order valence-electron chi connectivity index (χ2n) is 3.60. The predicted molar refractivity (Wildman–Crippen MR) is 63.9 cm³/mol. The minimum Gasteiger partial charge on any atom is -0.223 e. The fourth-order valence-corrected chi connectivity index (χ4v) is 0.359. The molecule has 0 bridgehead atoms. The smallest absolute Gasteiger partial charge is 0.0900 e. The fraction of sp³-hybridized carbons (Fsp3) is 0.889. The number of nitrogens with zero attached hydrogens (tertiary/aromatic N) is 2. The molecule has 0 fully saturated rings. The van der Waals surface area contributed by atoms with E-state index >= 15 is 0 Å². The average Bonchev–Trinajstić information content (AvgIpc) is 1.87. The van der Waals surface area contributed by atoms with E-state index in [1.54, 1.807) is 0 Å². The third-order valence-electron chi connectivity index (χ3n) is 1.53. The van der Waals surface area contributed by atoms with E-state index in [4.69, 9.17) is 0 Å². The zero-order chi connectivity index (χ0) is 8.91. The molecule has 0 spiro atoms. The first kappa shape index (κ1) is 18.7. The van der Waals surface area contributed by atoms with Gasteiger partial charge in [-0.3, -0.25) is 0 Å². The van der Waals surface area contributed by atoms with Gasteiger partial charge in [-0.25, -0.2) is 9.98 Å². The summed E-state index contributed by atoms with van der Waals surface area (Å²) in [6.07, 6.45) is 1.02. The van der Waals surface area contributed by atoms with Gasteiger partial charge in [0.2, 0.25) is 0 Å². The Morgan fingerprint density at radius 2 is 1.69 bits per heavy atom. The summed E-state index contributed by atoms with van der Waals surface area (Å²) in [5.74, 6) is 0. The third kappa shape index (κ3) is 12.0. The maximum atomic E-state index is 4.20. The lowest BCUT2D eigenvalue weighted by Crippen LogP contribution is -2.13. The van der Waals surface area contributed by atoms with Crippen molar-refractivity contribution in [3.05, 3.63) is 0 Å². The minimum atomic E-state index is -0.00160. The summed E-state index contributed by atoms with van der Waals surface area (Å²) < 4.78 is 0. The summed E-state index contributed by atoms with van der Waals surface area (Å²) in [4.78, 5) is 8.24. The molecule has 0 N–H and O–H groups in total. The lowest BCUT2D eigenvalue weighted by Gasteiger charge is -2.13. The normalized spacial score (nSPS) is 9.38. The van der Waals surface area contributed by atoms with Crippen LogP contribution < -0.4 is 0 Å². The highest BCUT2D eigenvalue weighted by Crippen LogP contribution is 2.11. The quantitative estimate of drug-likeness (QED) is 0.658. The summed E-state index contributed by atoms with van der Waals surface area (Å²) in [5, 5.41) is 0. The molecular weight excluding hydrogens is 207 g/mol. The zero-order valence-electron chi connectivity index (χ0n) is 9.00. The van der Waals surface area contributed by atoms with Crippen molar-refractivity contribution in [2.24, 2.45) is 9.98 Å². The van der Waals surface area contributed by atoms with Crippen LogP contribution in [0.15, 0.2) is 9.98 Å². The molecule has 0 aliphatic rings. The van der Waals surface area contributed by atoms with Crippen LogP contribution in [0, 0.1) is 0 Å². The molecule has 0 amide bonds. The number of hydrogen-bond donors (Lipinski definition) is 0. The monoisotopic (exact) mass is 226 g/mol. The SMILES string of the molecule is CCC(C)(C)N=C=NC(C)C.Cl.Cl. The van der Waals surface area contributed by atoms with Gasteiger partial charge in [0.15, 0.2) is 0 Å². The molecule has 0 aromatic rings. The average molecular weight is 227 g/mol. The number of halogens is 2. The van der Waals surface area contributed by atoms with Crippen molar-refractivity contribution in [2.45, 2.75) is 52.6 Å². The first-order valence-corrected chi connectivity index (χ1v) is 4.14. The fourth-order valence-electron chi connectivity index (χ4n) is 0.359. The summed E-state index contributed by atoms with van der Waals surface area (Å²) >= 11 is 0. The number of hydrogen-bond acceptors (Lipinski definition) is 2. The highest BCUT2D eigenvalue weighted by molar-refractivity contribution is 5.85. The highest BCUT2D eigenvalue weighted by Gasteiger charge is 2.10. The van der Waals surface area contributed by atoms with Crippen LogP contribution in [-0.2, 0) is 0 Å². The molecule has 80 valence electrons. The van der Waals surface area contributed by atoms with Gasteiger partial charge in [-0.15, -0.1) is 24.8 Å². The van der Waals surface area contributed by atoms with Gasteiger partial charge in [0.1, 0.15) is 0 Å². The summed E-state index contributed by atoms with van der Waals surface area (Å²) in [6.45, 7) is 10.3. The van der Waals surface area contributed by atoms with Gasteiger partial charge in [-0.2, -0.15) is 0 Å². The Labute approximate surface area is 93.8 Å². The Kier molecular flexibility index (Phi) is 12.3. The van der Waals surface area contributed by atoms with E-state index in [-0.39, 0.29) is 30.4 Å². The van der Waals surface area contributed by atoms with Crippen molar-refractivity contribution in [2.75, 3.05) is 0 Å². The van der Waals surface area contributed by atoms with Crippen LogP contribution in [0.4, 0.5) is 0 Å². The molecule has 0 aliphatic heterocycles. The van der Waals surface area contributed by atoms with E-state index in [0.717, 1.165) is 6.42 Å². The van der Waals surface area contributed by atoms with Crippen LogP contribution in [-0.4, -0.2) is 17.6 Å². The minimum absolute atomic E-state index is 0. The van der Waals surface area contributed by atoms with Crippen LogP contribution in [0.1, 0.15) is 41.0 Å². The Morgan fingerprint density at radius 1 is 1.23 bits per heavy atom. The first-order valence-electron chi connectivity index (χ1n) is 4.14. The van der Waals surface area contributed by atoms with E-state index < -0.39 is 0 Å². The second-order valence-corrected chi connectivity index (χ2v) is 3.60. The molecule has 4 heteroatoms. The van der Waals surface area contributed by atoms with Crippen LogP contribution in [0.3, 0.4) is 0 Å². The zero-order valence-corrected chi connectivity index (χ0v) is 10.6. The molecular formula is C9H20Cl2N2. The van der Waals surface area contributed by atoms with Gasteiger partial charge in [-0.05, 0) is 34.1 Å². The molecule has 0 aromatic carbocycles. The van der Waals surface area contributed by atoms with E-state index in [2.05, 4.69) is 36.8 Å². The topological polar surface area (TPSA) is 24.7 Å². The van der Waals surface area contributed by atoms with Crippen molar-refractivity contribution in [3.63, 3.8) is 0 Å². The highest BCUT2D eigenvalue weighted by atomic mass is 35.5. The van der Waals surface area contributed by atoms with Gasteiger partial charge in [0, 0.05) is 0 Å². The van der Waals surface area contributed by atoms with E-state index in [0.29, 0.717) is 6.04 Å². The second kappa shape index (κ2) is 8.55. The molecule has 0 atom stereocenters. The van der Waals surface area contributed by atoms with Gasteiger partial charge in [0.05, 0.1) is 17.6 Å². The lowest BCUT2D eigenvalue weighted by atomic mass is 10.0. The largest absolute Gasteiger partial charge is 0.223 e. The molecule has 0 rings (SSSR count). The van der Waals surface area contributed by atoms with Crippen LogP contribution in [0.2, 0.25) is 0 Å². The van der Waals surface area contributed by atoms with E-state index in [9.17, 15) is 0 Å². The van der Waals surface area contributed by atoms with Crippen LogP contribution in [0.5, 0.6) is 0 Å². The Hall–Kier alpha value is -0.0400. The Morgan fingerprint density at radius 3 is 2.00 bits per heavy atom. The molecule has 0 aliphatic carbocycles. The molecule has 13 heavy (non-hydrogen) atoms. The summed E-state index contributed by atoms with van der Waals surface area (Å²) in [5.41, 5.74) is -0.00160. The van der Waals surface area contributed by atoms with Crippen molar-refractivity contribution in [3.8, 4) is 0 Å². The van der Waals surface area contributed by atoms with E-state index in [1.807, 2.05) is 13.8 Å². The predicted octanol–water partition coefficient (Wildman–Crippen LogP) is 3.60. The molecule has 0 saturated carbocycles.